The Labute approximate surface area is 75.4 Å². The first-order valence-electron chi connectivity index (χ1n) is 4.46. The van der Waals surface area contributed by atoms with Crippen LogP contribution in [0.4, 0.5) is 5.82 Å². The highest BCUT2D eigenvalue weighted by Gasteiger charge is 2.14. The molecule has 4 heteroatoms. The van der Waals surface area contributed by atoms with Crippen LogP contribution in [0, 0.1) is 0 Å². The Morgan fingerprint density at radius 3 is 3.23 bits per heavy atom. The molecule has 3 rings (SSSR count). The summed E-state index contributed by atoms with van der Waals surface area (Å²) in [6.07, 6.45) is 5.10. The molecule has 0 saturated carbocycles. The largest absolute Gasteiger partial charge is 0.382 e. The third-order valence-electron chi connectivity index (χ3n) is 2.59. The molecule has 0 saturated heterocycles. The minimum absolute atomic E-state index is 0.571. The van der Waals surface area contributed by atoms with Crippen LogP contribution in [-0.4, -0.2) is 14.6 Å². The van der Waals surface area contributed by atoms with Gasteiger partial charge in [0.15, 0.2) is 5.82 Å². The molecule has 2 N–H and O–H groups in total. The van der Waals surface area contributed by atoms with Crippen molar-refractivity contribution in [2.45, 2.75) is 19.3 Å². The second-order valence-corrected chi connectivity index (χ2v) is 3.43. The van der Waals surface area contributed by atoms with Crippen molar-refractivity contribution in [3.63, 3.8) is 0 Å². The van der Waals surface area contributed by atoms with Gasteiger partial charge in [-0.2, -0.15) is 5.10 Å². The lowest BCUT2D eigenvalue weighted by molar-refractivity contribution is 0.844. The Morgan fingerprint density at radius 1 is 1.38 bits per heavy atom. The van der Waals surface area contributed by atoms with Gasteiger partial charge >= 0.3 is 0 Å². The fourth-order valence-corrected chi connectivity index (χ4v) is 1.90. The van der Waals surface area contributed by atoms with Crippen molar-refractivity contribution in [1.29, 1.82) is 0 Å². The van der Waals surface area contributed by atoms with Gasteiger partial charge in [0, 0.05) is 0 Å². The summed E-state index contributed by atoms with van der Waals surface area (Å²) in [5.74, 6) is 0.571. The molecule has 66 valence electrons. The maximum Gasteiger partial charge on any atom is 0.151 e. The number of imidazole rings is 1. The highest BCUT2D eigenvalue weighted by atomic mass is 15.3. The molecule has 0 spiro atoms. The van der Waals surface area contributed by atoms with Gasteiger partial charge in [0.2, 0.25) is 0 Å². The smallest absolute Gasteiger partial charge is 0.151 e. The number of hydrogen-bond donors (Lipinski definition) is 1. The third-order valence-corrected chi connectivity index (χ3v) is 2.59. The number of hydrogen-bond acceptors (Lipinski definition) is 3. The molecule has 0 aromatic carbocycles. The number of fused-ring (bicyclic) bond motifs is 2. The van der Waals surface area contributed by atoms with Crippen LogP contribution in [0.2, 0.25) is 0 Å². The second-order valence-electron chi connectivity index (χ2n) is 3.43. The standard InChI is InChI=1S/C9H10N4/c10-9-8-4-6-2-1-3-7(6)12-13(8)5-11-9/h4-5H,1-3,10H2. The molecular weight excluding hydrogens is 164 g/mol. The molecule has 2 aromatic rings. The fourth-order valence-electron chi connectivity index (χ4n) is 1.90. The zero-order valence-electron chi connectivity index (χ0n) is 7.20. The van der Waals surface area contributed by atoms with Crippen LogP contribution < -0.4 is 5.73 Å². The summed E-state index contributed by atoms with van der Waals surface area (Å²) in [5.41, 5.74) is 9.16. The molecule has 0 fully saturated rings. The summed E-state index contributed by atoms with van der Waals surface area (Å²) in [4.78, 5) is 4.01. The summed E-state index contributed by atoms with van der Waals surface area (Å²) < 4.78 is 1.76. The predicted octanol–water partition coefficient (Wildman–Crippen LogP) is 0.800. The molecular formula is C9H10N4. The molecule has 4 nitrogen and oxygen atoms in total. The summed E-state index contributed by atoms with van der Waals surface area (Å²) in [7, 11) is 0. The first kappa shape index (κ1) is 6.88. The quantitative estimate of drug-likeness (QED) is 0.642. The van der Waals surface area contributed by atoms with E-state index in [0.29, 0.717) is 5.82 Å². The normalized spacial score (nSPS) is 15.1. The van der Waals surface area contributed by atoms with Crippen LogP contribution in [0.5, 0.6) is 0 Å². The van der Waals surface area contributed by atoms with E-state index in [2.05, 4.69) is 16.1 Å². The highest BCUT2D eigenvalue weighted by molar-refractivity contribution is 5.66. The monoisotopic (exact) mass is 174 g/mol. The number of nitrogens with two attached hydrogens (primary N) is 1. The van der Waals surface area contributed by atoms with Crippen LogP contribution in [0.15, 0.2) is 12.4 Å². The minimum atomic E-state index is 0.571. The molecule has 0 unspecified atom stereocenters. The topological polar surface area (TPSA) is 56.2 Å². The SMILES string of the molecule is Nc1ncn2nc3c(cc12)CCC3. The summed E-state index contributed by atoms with van der Waals surface area (Å²) in [5, 5.41) is 4.45. The molecule has 0 radical (unpaired) electrons. The Bertz CT molecular complexity index is 472. The summed E-state index contributed by atoms with van der Waals surface area (Å²) in [6, 6.07) is 2.11. The number of anilines is 1. The average Bonchev–Trinajstić information content (AvgIpc) is 2.70. The van der Waals surface area contributed by atoms with Gasteiger partial charge < -0.3 is 5.73 Å². The summed E-state index contributed by atoms with van der Waals surface area (Å²) >= 11 is 0. The molecule has 0 bridgehead atoms. The van der Waals surface area contributed by atoms with E-state index in [1.165, 1.54) is 17.7 Å². The van der Waals surface area contributed by atoms with Gasteiger partial charge in [-0.25, -0.2) is 9.50 Å². The number of aromatic nitrogens is 3. The van der Waals surface area contributed by atoms with Crippen molar-refractivity contribution in [3.8, 4) is 0 Å². The van der Waals surface area contributed by atoms with Crippen molar-refractivity contribution in [3.05, 3.63) is 23.7 Å². The molecule has 1 aliphatic rings. The Balaban J connectivity index is 2.38. The van der Waals surface area contributed by atoms with E-state index in [1.807, 2.05) is 0 Å². The van der Waals surface area contributed by atoms with E-state index in [9.17, 15) is 0 Å². The maximum atomic E-state index is 5.70. The predicted molar refractivity (Wildman–Crippen MR) is 49.4 cm³/mol. The zero-order valence-corrected chi connectivity index (χ0v) is 7.20. The summed E-state index contributed by atoms with van der Waals surface area (Å²) in [6.45, 7) is 0. The zero-order chi connectivity index (χ0) is 8.84. The second kappa shape index (κ2) is 2.22. The van der Waals surface area contributed by atoms with Crippen molar-refractivity contribution in [2.75, 3.05) is 5.73 Å². The molecule has 13 heavy (non-hydrogen) atoms. The maximum absolute atomic E-state index is 5.70. The van der Waals surface area contributed by atoms with Gasteiger partial charge in [-0.15, -0.1) is 0 Å². The van der Waals surface area contributed by atoms with Gasteiger partial charge in [-0.05, 0) is 30.9 Å². The average molecular weight is 174 g/mol. The molecule has 1 aliphatic carbocycles. The number of aryl methyl sites for hydroxylation is 2. The molecule has 2 heterocycles. The van der Waals surface area contributed by atoms with Crippen LogP contribution in [0.1, 0.15) is 17.7 Å². The molecule has 0 aliphatic heterocycles. The van der Waals surface area contributed by atoms with Gasteiger partial charge in [0.05, 0.1) is 5.69 Å². The number of rotatable bonds is 0. The molecule has 0 atom stereocenters. The first-order valence-corrected chi connectivity index (χ1v) is 4.46. The number of nitrogen functional groups attached to an aromatic ring is 1. The van der Waals surface area contributed by atoms with E-state index < -0.39 is 0 Å². The minimum Gasteiger partial charge on any atom is -0.382 e. The lowest BCUT2D eigenvalue weighted by atomic mass is 10.2. The lowest BCUT2D eigenvalue weighted by Gasteiger charge is -1.99. The Morgan fingerprint density at radius 2 is 2.31 bits per heavy atom. The third kappa shape index (κ3) is 0.854. The van der Waals surface area contributed by atoms with Crippen LogP contribution in [0.3, 0.4) is 0 Å². The van der Waals surface area contributed by atoms with Gasteiger partial charge in [0.25, 0.3) is 0 Å². The fraction of sp³-hybridized carbons (Fsp3) is 0.333. The Kier molecular flexibility index (Phi) is 1.17. The van der Waals surface area contributed by atoms with Crippen molar-refractivity contribution < 1.29 is 0 Å². The van der Waals surface area contributed by atoms with Crippen molar-refractivity contribution in [2.24, 2.45) is 0 Å². The van der Waals surface area contributed by atoms with E-state index in [-0.39, 0.29) is 0 Å². The molecule has 2 aromatic heterocycles. The Hall–Kier alpha value is -1.58. The van der Waals surface area contributed by atoms with Gasteiger partial charge in [-0.3, -0.25) is 0 Å². The van der Waals surface area contributed by atoms with E-state index in [1.54, 1.807) is 10.8 Å². The van der Waals surface area contributed by atoms with Gasteiger partial charge in [0.1, 0.15) is 11.8 Å². The first-order chi connectivity index (χ1) is 6.34. The number of nitrogens with zero attached hydrogens (tertiary/aromatic N) is 3. The van der Waals surface area contributed by atoms with Crippen LogP contribution in [0.25, 0.3) is 5.52 Å². The molecule has 0 amide bonds. The van der Waals surface area contributed by atoms with Crippen LogP contribution >= 0.6 is 0 Å². The van der Waals surface area contributed by atoms with Crippen molar-refractivity contribution >= 4 is 11.3 Å². The van der Waals surface area contributed by atoms with E-state index in [0.717, 1.165) is 18.4 Å². The van der Waals surface area contributed by atoms with E-state index in [4.69, 9.17) is 5.73 Å². The van der Waals surface area contributed by atoms with Crippen LogP contribution in [-0.2, 0) is 12.8 Å². The highest BCUT2D eigenvalue weighted by Crippen LogP contribution is 2.22. The lowest BCUT2D eigenvalue weighted by Crippen LogP contribution is -1.97. The van der Waals surface area contributed by atoms with Gasteiger partial charge in [-0.1, -0.05) is 0 Å². The van der Waals surface area contributed by atoms with Crippen molar-refractivity contribution in [1.82, 2.24) is 14.6 Å². The van der Waals surface area contributed by atoms with E-state index >= 15 is 0 Å².